The van der Waals surface area contributed by atoms with Crippen LogP contribution in [-0.2, 0) is 13.6 Å². The van der Waals surface area contributed by atoms with E-state index in [2.05, 4.69) is 9.69 Å². The third-order valence-electron chi connectivity index (χ3n) is 2.41. The minimum absolute atomic E-state index is 0.216. The summed E-state index contributed by atoms with van der Waals surface area (Å²) in [6.45, 7) is 0.482. The van der Waals surface area contributed by atoms with E-state index in [1.165, 1.54) is 0 Å². The minimum atomic E-state index is 0.216. The molecule has 0 spiro atoms. The van der Waals surface area contributed by atoms with Crippen molar-refractivity contribution in [1.82, 2.24) is 8.94 Å². The van der Waals surface area contributed by atoms with Crippen molar-refractivity contribution in [2.24, 2.45) is 7.05 Å². The van der Waals surface area contributed by atoms with Crippen LogP contribution in [0.5, 0.6) is 0 Å². The Morgan fingerprint density at radius 3 is 2.78 bits per heavy atom. The topological polar surface area (TPSA) is 53.6 Å². The minimum Gasteiger partial charge on any atom is -0.369 e. The van der Waals surface area contributed by atoms with E-state index >= 15 is 0 Å². The van der Waals surface area contributed by atoms with Crippen molar-refractivity contribution in [1.29, 1.82) is 5.26 Å². The Kier molecular flexibility index (Phi) is 4.03. The molecule has 0 aliphatic heterocycles. The number of aromatic nitrogens is 2. The molecule has 0 bridgehead atoms. The highest BCUT2D eigenvalue weighted by atomic mass is 35.5. The summed E-state index contributed by atoms with van der Waals surface area (Å²) in [7, 11) is 1.82. The molecule has 0 aliphatic carbocycles. The molecule has 0 unspecified atom stereocenters. The fraction of sp³-hybridized carbons (Fsp3) is 0.200. The number of halogens is 3. The Bertz CT molecular complexity index is 626. The van der Waals surface area contributed by atoms with E-state index in [0.29, 0.717) is 27.3 Å². The lowest BCUT2D eigenvalue weighted by atomic mass is 10.3. The van der Waals surface area contributed by atoms with Gasteiger partial charge in [-0.1, -0.05) is 34.8 Å². The van der Waals surface area contributed by atoms with E-state index in [0.717, 1.165) is 17.2 Å². The lowest BCUT2D eigenvalue weighted by molar-refractivity contribution is 0.844. The van der Waals surface area contributed by atoms with Gasteiger partial charge in [0.15, 0.2) is 5.15 Å². The highest BCUT2D eigenvalue weighted by Gasteiger charge is 2.13. The Labute approximate surface area is 123 Å². The zero-order chi connectivity index (χ0) is 13.3. The Hall–Kier alpha value is -0.930. The quantitative estimate of drug-likeness (QED) is 0.932. The van der Waals surface area contributed by atoms with Crippen LogP contribution in [0.3, 0.4) is 0 Å². The van der Waals surface area contributed by atoms with Gasteiger partial charge in [0.05, 0.1) is 11.6 Å². The van der Waals surface area contributed by atoms with Crippen molar-refractivity contribution in [3.05, 3.63) is 32.7 Å². The molecule has 0 radical (unpaired) electrons. The molecule has 4 nitrogen and oxygen atoms in total. The molecule has 0 aromatic carbocycles. The van der Waals surface area contributed by atoms with Crippen LogP contribution >= 0.6 is 46.3 Å². The van der Waals surface area contributed by atoms with E-state index < -0.39 is 0 Å². The standard InChI is InChI=1S/C10H7Cl3N4S/c1-17-5(2-7(11)9(17)13)4-15-10-6(3-14)8(12)16-18-10/h2,15H,4H2,1H3. The zero-order valence-electron chi connectivity index (χ0n) is 9.17. The van der Waals surface area contributed by atoms with Gasteiger partial charge in [-0.3, -0.25) is 0 Å². The van der Waals surface area contributed by atoms with Gasteiger partial charge in [-0.05, 0) is 17.6 Å². The molecule has 18 heavy (non-hydrogen) atoms. The van der Waals surface area contributed by atoms with Crippen LogP contribution < -0.4 is 5.32 Å². The van der Waals surface area contributed by atoms with Crippen LogP contribution in [0.2, 0.25) is 15.3 Å². The highest BCUT2D eigenvalue weighted by Crippen LogP contribution is 2.29. The van der Waals surface area contributed by atoms with Gasteiger partial charge in [0.2, 0.25) is 0 Å². The maximum atomic E-state index is 8.93. The first kappa shape index (κ1) is 13.5. The van der Waals surface area contributed by atoms with Crippen LogP contribution in [0, 0.1) is 11.3 Å². The monoisotopic (exact) mass is 320 g/mol. The van der Waals surface area contributed by atoms with Gasteiger partial charge in [0, 0.05) is 12.7 Å². The maximum Gasteiger partial charge on any atom is 0.162 e. The number of rotatable bonds is 3. The maximum absolute atomic E-state index is 8.93. The van der Waals surface area contributed by atoms with Gasteiger partial charge in [0.1, 0.15) is 21.8 Å². The van der Waals surface area contributed by atoms with Crippen molar-refractivity contribution < 1.29 is 0 Å². The van der Waals surface area contributed by atoms with Gasteiger partial charge >= 0.3 is 0 Å². The van der Waals surface area contributed by atoms with Gasteiger partial charge in [-0.15, -0.1) is 0 Å². The van der Waals surface area contributed by atoms with Gasteiger partial charge in [-0.25, -0.2) is 0 Å². The molecular formula is C10H7Cl3N4S. The van der Waals surface area contributed by atoms with E-state index in [-0.39, 0.29) is 5.15 Å². The molecule has 2 aromatic heterocycles. The predicted molar refractivity (Wildman–Crippen MR) is 74.6 cm³/mol. The highest BCUT2D eigenvalue weighted by molar-refractivity contribution is 7.10. The fourth-order valence-corrected chi connectivity index (χ4v) is 2.76. The molecule has 0 fully saturated rings. The number of nitrogens with zero attached hydrogens (tertiary/aromatic N) is 3. The van der Waals surface area contributed by atoms with Crippen LogP contribution in [0.4, 0.5) is 5.00 Å². The second kappa shape index (κ2) is 5.37. The summed E-state index contributed by atoms with van der Waals surface area (Å²) < 4.78 is 5.68. The van der Waals surface area contributed by atoms with E-state index in [4.69, 9.17) is 40.1 Å². The Morgan fingerprint density at radius 1 is 1.50 bits per heavy atom. The number of hydrogen-bond donors (Lipinski definition) is 1. The molecule has 1 N–H and O–H groups in total. The van der Waals surface area contributed by atoms with Crippen molar-refractivity contribution in [3.63, 3.8) is 0 Å². The molecular weight excluding hydrogens is 315 g/mol. The van der Waals surface area contributed by atoms with Crippen LogP contribution in [0.15, 0.2) is 6.07 Å². The zero-order valence-corrected chi connectivity index (χ0v) is 12.3. The average Bonchev–Trinajstić information content (AvgIpc) is 2.82. The summed E-state index contributed by atoms with van der Waals surface area (Å²) in [6.07, 6.45) is 0. The molecule has 0 amide bonds. The van der Waals surface area contributed by atoms with Crippen molar-refractivity contribution in [3.8, 4) is 6.07 Å². The molecule has 0 atom stereocenters. The fourth-order valence-electron chi connectivity index (χ4n) is 1.42. The lowest BCUT2D eigenvalue weighted by Gasteiger charge is -2.05. The second-order valence-corrected chi connectivity index (χ2v) is 5.37. The summed E-state index contributed by atoms with van der Waals surface area (Å²) in [5.41, 5.74) is 1.26. The summed E-state index contributed by atoms with van der Waals surface area (Å²) >= 11 is 18.8. The summed E-state index contributed by atoms with van der Waals surface area (Å²) in [5, 5.41) is 13.9. The van der Waals surface area contributed by atoms with Crippen molar-refractivity contribution in [2.45, 2.75) is 6.54 Å². The molecule has 8 heteroatoms. The van der Waals surface area contributed by atoms with E-state index in [9.17, 15) is 0 Å². The molecule has 2 heterocycles. The van der Waals surface area contributed by atoms with Crippen LogP contribution in [-0.4, -0.2) is 8.94 Å². The normalized spacial score (nSPS) is 10.4. The molecule has 0 saturated heterocycles. The van der Waals surface area contributed by atoms with Gasteiger partial charge in [-0.2, -0.15) is 9.64 Å². The number of nitriles is 1. The molecule has 94 valence electrons. The summed E-state index contributed by atoms with van der Waals surface area (Å²) in [4.78, 5) is 0. The lowest BCUT2D eigenvalue weighted by Crippen LogP contribution is -2.04. The average molecular weight is 322 g/mol. The van der Waals surface area contributed by atoms with Crippen LogP contribution in [0.25, 0.3) is 0 Å². The number of nitrogens with one attached hydrogen (secondary N) is 1. The number of hydrogen-bond acceptors (Lipinski definition) is 4. The van der Waals surface area contributed by atoms with Gasteiger partial charge < -0.3 is 9.88 Å². The summed E-state index contributed by atoms with van der Waals surface area (Å²) in [5.74, 6) is 0. The van der Waals surface area contributed by atoms with E-state index in [1.807, 2.05) is 13.1 Å². The molecule has 2 aromatic rings. The predicted octanol–water partition coefficient (Wildman–Crippen LogP) is 3.93. The molecule has 0 saturated carbocycles. The molecule has 2 rings (SSSR count). The summed E-state index contributed by atoms with van der Waals surface area (Å²) in [6, 6.07) is 3.78. The van der Waals surface area contributed by atoms with Crippen molar-refractivity contribution in [2.75, 3.05) is 5.32 Å². The van der Waals surface area contributed by atoms with E-state index in [1.54, 1.807) is 10.6 Å². The third kappa shape index (κ3) is 2.43. The number of anilines is 1. The first-order valence-corrected chi connectivity index (χ1v) is 6.74. The van der Waals surface area contributed by atoms with Crippen molar-refractivity contribution >= 4 is 51.3 Å². The van der Waals surface area contributed by atoms with Gasteiger partial charge in [0.25, 0.3) is 0 Å². The smallest absolute Gasteiger partial charge is 0.162 e. The largest absolute Gasteiger partial charge is 0.369 e. The first-order valence-electron chi connectivity index (χ1n) is 4.83. The SMILES string of the molecule is Cn1c(CNc2snc(Cl)c2C#N)cc(Cl)c1Cl. The second-order valence-electron chi connectivity index (χ2n) is 3.48. The first-order chi connectivity index (χ1) is 8.54. The molecule has 0 aliphatic rings. The van der Waals surface area contributed by atoms with Crippen LogP contribution in [0.1, 0.15) is 11.3 Å². The third-order valence-corrected chi connectivity index (χ3v) is 4.43. The Morgan fingerprint density at radius 2 is 2.22 bits per heavy atom. The Balaban J connectivity index is 2.17.